The molecule has 0 aliphatic carbocycles. The number of carbonyl (C=O) groups excluding carboxylic acids is 2. The van der Waals surface area contributed by atoms with Crippen LogP contribution in [0.3, 0.4) is 0 Å². The van der Waals surface area contributed by atoms with Gasteiger partial charge < -0.3 is 15.5 Å². The highest BCUT2D eigenvalue weighted by Crippen LogP contribution is 2.22. The number of rotatable bonds is 5. The molecular weight excluding hydrogens is 302 g/mol. The first-order valence-corrected chi connectivity index (χ1v) is 8.13. The van der Waals surface area contributed by atoms with Crippen LogP contribution in [0, 0.1) is 6.92 Å². The third-order valence-electron chi connectivity index (χ3n) is 4.01. The van der Waals surface area contributed by atoms with Crippen LogP contribution in [0.4, 0.5) is 17.1 Å². The molecule has 0 saturated carbocycles. The van der Waals surface area contributed by atoms with Crippen molar-refractivity contribution in [3.8, 4) is 0 Å². The molecule has 5 nitrogen and oxygen atoms in total. The second-order valence-corrected chi connectivity index (χ2v) is 5.97. The molecular formula is C19H21N3O2. The first-order valence-electron chi connectivity index (χ1n) is 8.13. The Bertz CT molecular complexity index is 741. The quantitative estimate of drug-likeness (QED) is 0.888. The molecule has 0 bridgehead atoms. The Balaban J connectivity index is 1.53. The van der Waals surface area contributed by atoms with Gasteiger partial charge in [0, 0.05) is 30.0 Å². The molecule has 0 atom stereocenters. The Labute approximate surface area is 141 Å². The molecule has 0 spiro atoms. The predicted octanol–water partition coefficient (Wildman–Crippen LogP) is 3.17. The van der Waals surface area contributed by atoms with E-state index in [0.717, 1.165) is 35.6 Å². The Morgan fingerprint density at radius 3 is 2.58 bits per heavy atom. The molecule has 5 heteroatoms. The number of carbonyl (C=O) groups is 2. The van der Waals surface area contributed by atoms with E-state index in [2.05, 4.69) is 10.6 Å². The summed E-state index contributed by atoms with van der Waals surface area (Å²) in [6.07, 6.45) is 1.54. The van der Waals surface area contributed by atoms with Crippen LogP contribution in [0.25, 0.3) is 0 Å². The number of benzene rings is 2. The van der Waals surface area contributed by atoms with Crippen molar-refractivity contribution >= 4 is 28.9 Å². The van der Waals surface area contributed by atoms with Gasteiger partial charge in [-0.1, -0.05) is 12.1 Å². The zero-order valence-electron chi connectivity index (χ0n) is 13.7. The molecule has 2 aromatic carbocycles. The minimum Gasteiger partial charge on any atom is -0.376 e. The molecule has 0 unspecified atom stereocenters. The van der Waals surface area contributed by atoms with Crippen molar-refractivity contribution in [2.45, 2.75) is 19.8 Å². The van der Waals surface area contributed by atoms with Crippen molar-refractivity contribution in [3.05, 3.63) is 54.1 Å². The normalized spacial score (nSPS) is 13.9. The maximum atomic E-state index is 12.0. The fraction of sp³-hybridized carbons (Fsp3) is 0.263. The summed E-state index contributed by atoms with van der Waals surface area (Å²) in [5, 5.41) is 5.95. The summed E-state index contributed by atoms with van der Waals surface area (Å²) in [4.78, 5) is 25.5. The van der Waals surface area contributed by atoms with Gasteiger partial charge in [-0.05, 0) is 55.3 Å². The standard InChI is InChI=1S/C19H21N3O2/c1-14-4-2-5-16(12-14)21-18(23)13-20-15-7-9-17(10-8-15)22-11-3-6-19(22)24/h2,4-5,7-10,12,20H,3,6,11,13H2,1H3,(H,21,23). The highest BCUT2D eigenvalue weighted by atomic mass is 16.2. The lowest BCUT2D eigenvalue weighted by Gasteiger charge is -2.16. The van der Waals surface area contributed by atoms with Gasteiger partial charge in [-0.25, -0.2) is 0 Å². The Kier molecular flexibility index (Phi) is 4.79. The zero-order chi connectivity index (χ0) is 16.9. The van der Waals surface area contributed by atoms with Crippen molar-refractivity contribution in [1.82, 2.24) is 0 Å². The van der Waals surface area contributed by atoms with Gasteiger partial charge >= 0.3 is 0 Å². The molecule has 124 valence electrons. The molecule has 1 heterocycles. The van der Waals surface area contributed by atoms with Crippen molar-refractivity contribution in [1.29, 1.82) is 0 Å². The Hall–Kier alpha value is -2.82. The average molecular weight is 323 g/mol. The molecule has 2 aromatic rings. The maximum absolute atomic E-state index is 12.0. The van der Waals surface area contributed by atoms with Gasteiger partial charge in [0.25, 0.3) is 0 Å². The fourth-order valence-electron chi connectivity index (χ4n) is 2.79. The zero-order valence-corrected chi connectivity index (χ0v) is 13.7. The summed E-state index contributed by atoms with van der Waals surface area (Å²) in [6, 6.07) is 15.3. The number of nitrogens with zero attached hydrogens (tertiary/aromatic N) is 1. The van der Waals surface area contributed by atoms with E-state index < -0.39 is 0 Å². The van der Waals surface area contributed by atoms with Gasteiger partial charge in [0.1, 0.15) is 0 Å². The van der Waals surface area contributed by atoms with E-state index in [1.54, 1.807) is 4.90 Å². The van der Waals surface area contributed by atoms with E-state index in [0.29, 0.717) is 6.42 Å². The van der Waals surface area contributed by atoms with Gasteiger partial charge in [-0.2, -0.15) is 0 Å². The van der Waals surface area contributed by atoms with E-state index in [4.69, 9.17) is 0 Å². The summed E-state index contributed by atoms with van der Waals surface area (Å²) in [6.45, 7) is 2.96. The molecule has 3 rings (SSSR count). The van der Waals surface area contributed by atoms with Gasteiger partial charge in [-0.15, -0.1) is 0 Å². The Morgan fingerprint density at radius 2 is 1.92 bits per heavy atom. The van der Waals surface area contributed by atoms with Crippen LogP contribution in [0.15, 0.2) is 48.5 Å². The highest BCUT2D eigenvalue weighted by Gasteiger charge is 2.21. The van der Waals surface area contributed by atoms with Crippen LogP contribution in [0.1, 0.15) is 18.4 Å². The number of hydrogen-bond acceptors (Lipinski definition) is 3. The second kappa shape index (κ2) is 7.17. The van der Waals surface area contributed by atoms with Crippen molar-refractivity contribution < 1.29 is 9.59 Å². The monoisotopic (exact) mass is 323 g/mol. The molecule has 24 heavy (non-hydrogen) atoms. The molecule has 0 aromatic heterocycles. The molecule has 1 fully saturated rings. The first kappa shape index (κ1) is 16.1. The van der Waals surface area contributed by atoms with Gasteiger partial charge in [0.2, 0.25) is 11.8 Å². The van der Waals surface area contributed by atoms with E-state index in [9.17, 15) is 9.59 Å². The lowest BCUT2D eigenvalue weighted by Crippen LogP contribution is -2.24. The van der Waals surface area contributed by atoms with Crippen LogP contribution < -0.4 is 15.5 Å². The van der Waals surface area contributed by atoms with Crippen LogP contribution in [0.5, 0.6) is 0 Å². The fourth-order valence-corrected chi connectivity index (χ4v) is 2.79. The number of nitrogens with one attached hydrogen (secondary N) is 2. The molecule has 1 aliphatic rings. The molecule has 1 saturated heterocycles. The lowest BCUT2D eigenvalue weighted by atomic mass is 10.2. The SMILES string of the molecule is Cc1cccc(NC(=O)CNc2ccc(N3CCCC3=O)cc2)c1. The van der Waals surface area contributed by atoms with Gasteiger partial charge in [0.05, 0.1) is 6.54 Å². The van der Waals surface area contributed by atoms with E-state index in [1.807, 2.05) is 55.5 Å². The number of hydrogen-bond donors (Lipinski definition) is 2. The smallest absolute Gasteiger partial charge is 0.243 e. The summed E-state index contributed by atoms with van der Waals surface area (Å²) < 4.78 is 0. The Morgan fingerprint density at radius 1 is 1.12 bits per heavy atom. The van der Waals surface area contributed by atoms with Gasteiger partial charge in [0.15, 0.2) is 0 Å². The predicted molar refractivity (Wildman–Crippen MR) is 96.3 cm³/mol. The van der Waals surface area contributed by atoms with Crippen molar-refractivity contribution in [2.24, 2.45) is 0 Å². The van der Waals surface area contributed by atoms with Crippen LogP contribution >= 0.6 is 0 Å². The third kappa shape index (κ3) is 3.93. The molecule has 2 amide bonds. The minimum absolute atomic E-state index is 0.0978. The number of anilines is 3. The van der Waals surface area contributed by atoms with Crippen LogP contribution in [-0.4, -0.2) is 24.9 Å². The van der Waals surface area contributed by atoms with E-state index in [-0.39, 0.29) is 18.4 Å². The second-order valence-electron chi connectivity index (χ2n) is 5.97. The summed E-state index contributed by atoms with van der Waals surface area (Å²) in [5.74, 6) is 0.0765. The largest absolute Gasteiger partial charge is 0.376 e. The van der Waals surface area contributed by atoms with Crippen LogP contribution in [-0.2, 0) is 9.59 Å². The summed E-state index contributed by atoms with van der Waals surface area (Å²) in [5.41, 5.74) is 3.66. The minimum atomic E-state index is -0.0978. The van der Waals surface area contributed by atoms with Crippen LogP contribution in [0.2, 0.25) is 0 Å². The highest BCUT2D eigenvalue weighted by molar-refractivity contribution is 5.96. The lowest BCUT2D eigenvalue weighted by molar-refractivity contribution is -0.117. The topological polar surface area (TPSA) is 61.4 Å². The van der Waals surface area contributed by atoms with Gasteiger partial charge in [-0.3, -0.25) is 9.59 Å². The molecule has 0 radical (unpaired) electrons. The average Bonchev–Trinajstić information content (AvgIpc) is 2.99. The first-order chi connectivity index (χ1) is 11.6. The van der Waals surface area contributed by atoms with Crippen molar-refractivity contribution in [3.63, 3.8) is 0 Å². The summed E-state index contributed by atoms with van der Waals surface area (Å²) >= 11 is 0. The third-order valence-corrected chi connectivity index (χ3v) is 4.01. The summed E-state index contributed by atoms with van der Waals surface area (Å²) in [7, 11) is 0. The molecule has 2 N–H and O–H groups in total. The number of amides is 2. The van der Waals surface area contributed by atoms with Crippen molar-refractivity contribution in [2.75, 3.05) is 28.6 Å². The van der Waals surface area contributed by atoms with E-state index >= 15 is 0 Å². The maximum Gasteiger partial charge on any atom is 0.243 e. The van der Waals surface area contributed by atoms with E-state index in [1.165, 1.54) is 0 Å². The number of aryl methyl sites for hydroxylation is 1. The molecule has 1 aliphatic heterocycles.